The molecular formula is C15H30N2O3S. The second-order valence-electron chi connectivity index (χ2n) is 6.75. The van der Waals surface area contributed by atoms with Crippen molar-refractivity contribution in [3.63, 3.8) is 0 Å². The Kier molecular flexibility index (Phi) is 6.47. The van der Waals surface area contributed by atoms with E-state index in [4.69, 9.17) is 4.74 Å². The van der Waals surface area contributed by atoms with E-state index in [0.29, 0.717) is 51.0 Å². The van der Waals surface area contributed by atoms with E-state index in [1.54, 1.807) is 4.31 Å². The highest BCUT2D eigenvalue weighted by atomic mass is 32.2. The van der Waals surface area contributed by atoms with Crippen LogP contribution in [0.5, 0.6) is 0 Å². The average Bonchev–Trinajstić information content (AvgIpc) is 2.48. The summed E-state index contributed by atoms with van der Waals surface area (Å²) < 4.78 is 32.2. The van der Waals surface area contributed by atoms with Crippen LogP contribution in [0.15, 0.2) is 0 Å². The number of nitrogens with zero attached hydrogens (tertiary/aromatic N) is 1. The van der Waals surface area contributed by atoms with Crippen LogP contribution in [0.2, 0.25) is 0 Å². The number of ether oxygens (including phenoxy) is 1. The topological polar surface area (TPSA) is 58.6 Å². The lowest BCUT2D eigenvalue weighted by atomic mass is 9.98. The van der Waals surface area contributed by atoms with Gasteiger partial charge in [-0.15, -0.1) is 0 Å². The van der Waals surface area contributed by atoms with E-state index in [2.05, 4.69) is 19.2 Å². The average molecular weight is 318 g/mol. The van der Waals surface area contributed by atoms with Crippen molar-refractivity contribution in [3.05, 3.63) is 0 Å². The van der Waals surface area contributed by atoms with Crippen LogP contribution in [0.4, 0.5) is 0 Å². The molecule has 0 aliphatic carbocycles. The molecule has 2 rings (SSSR count). The van der Waals surface area contributed by atoms with Gasteiger partial charge in [-0.3, -0.25) is 0 Å². The van der Waals surface area contributed by atoms with Crippen LogP contribution < -0.4 is 5.32 Å². The third-order valence-corrected chi connectivity index (χ3v) is 6.91. The zero-order valence-electron chi connectivity index (χ0n) is 13.4. The molecule has 0 amide bonds. The quantitative estimate of drug-likeness (QED) is 0.805. The highest BCUT2D eigenvalue weighted by Crippen LogP contribution is 2.25. The Morgan fingerprint density at radius 3 is 2.33 bits per heavy atom. The van der Waals surface area contributed by atoms with Crippen LogP contribution in [0.25, 0.3) is 0 Å². The predicted molar refractivity (Wildman–Crippen MR) is 84.8 cm³/mol. The Bertz CT molecular complexity index is 397. The lowest BCUT2D eigenvalue weighted by molar-refractivity contribution is 0.0967. The molecule has 0 radical (unpaired) electrons. The van der Waals surface area contributed by atoms with E-state index < -0.39 is 10.0 Å². The lowest BCUT2D eigenvalue weighted by Gasteiger charge is -2.35. The maximum absolute atomic E-state index is 12.6. The van der Waals surface area contributed by atoms with E-state index in [1.807, 2.05) is 0 Å². The van der Waals surface area contributed by atoms with Gasteiger partial charge in [-0.25, -0.2) is 12.7 Å². The Morgan fingerprint density at radius 1 is 1.14 bits per heavy atom. The van der Waals surface area contributed by atoms with Crippen molar-refractivity contribution in [2.24, 2.45) is 11.8 Å². The van der Waals surface area contributed by atoms with Crippen molar-refractivity contribution >= 4 is 10.0 Å². The first-order valence-electron chi connectivity index (χ1n) is 8.27. The van der Waals surface area contributed by atoms with Gasteiger partial charge in [-0.1, -0.05) is 13.8 Å². The molecule has 21 heavy (non-hydrogen) atoms. The molecule has 2 fully saturated rings. The van der Waals surface area contributed by atoms with Crippen LogP contribution in [0.3, 0.4) is 0 Å². The molecular weight excluding hydrogens is 288 g/mol. The summed E-state index contributed by atoms with van der Waals surface area (Å²) in [5, 5.41) is 3.27. The number of piperidine rings is 1. The number of sulfonamides is 1. The largest absolute Gasteiger partial charge is 0.381 e. The first-order valence-corrected chi connectivity index (χ1v) is 9.78. The molecule has 124 valence electrons. The summed E-state index contributed by atoms with van der Waals surface area (Å²) in [7, 11) is -3.11. The highest BCUT2D eigenvalue weighted by molar-refractivity contribution is 7.89. The van der Waals surface area contributed by atoms with E-state index >= 15 is 0 Å². The number of nitrogens with one attached hydrogen (secondary N) is 1. The molecule has 0 atom stereocenters. The van der Waals surface area contributed by atoms with Crippen LogP contribution in [0, 0.1) is 11.8 Å². The van der Waals surface area contributed by atoms with Gasteiger partial charge in [-0.05, 0) is 50.6 Å². The van der Waals surface area contributed by atoms with Crippen molar-refractivity contribution in [2.75, 3.05) is 39.4 Å². The maximum atomic E-state index is 12.6. The van der Waals surface area contributed by atoms with E-state index in [1.165, 1.54) is 0 Å². The minimum absolute atomic E-state index is 0.220. The summed E-state index contributed by atoms with van der Waals surface area (Å²) in [4.78, 5) is 0. The van der Waals surface area contributed by atoms with Crippen molar-refractivity contribution in [2.45, 2.75) is 44.8 Å². The number of hydrogen-bond donors (Lipinski definition) is 1. The second kappa shape index (κ2) is 7.90. The molecule has 2 saturated heterocycles. The summed E-state index contributed by atoms with van der Waals surface area (Å²) in [5.41, 5.74) is 0. The minimum Gasteiger partial charge on any atom is -0.381 e. The third kappa shape index (κ3) is 4.91. The van der Waals surface area contributed by atoms with Gasteiger partial charge in [0.2, 0.25) is 10.0 Å². The van der Waals surface area contributed by atoms with Gasteiger partial charge >= 0.3 is 0 Å². The van der Waals surface area contributed by atoms with E-state index in [-0.39, 0.29) is 5.25 Å². The molecule has 1 N–H and O–H groups in total. The van der Waals surface area contributed by atoms with E-state index in [9.17, 15) is 8.42 Å². The zero-order chi connectivity index (χ0) is 15.3. The molecule has 2 aliphatic rings. The highest BCUT2D eigenvalue weighted by Gasteiger charge is 2.35. The van der Waals surface area contributed by atoms with Gasteiger partial charge in [0, 0.05) is 26.3 Å². The minimum atomic E-state index is -3.11. The standard InChI is InChI=1S/C15H30N2O3S/c1-13(2)11-16-12-14-3-7-17(8-4-14)21(18,19)15-5-9-20-10-6-15/h13-16H,3-12H2,1-2H3. The van der Waals surface area contributed by atoms with Crippen molar-refractivity contribution in [1.82, 2.24) is 9.62 Å². The Balaban J connectivity index is 1.77. The van der Waals surface area contributed by atoms with Crippen molar-refractivity contribution < 1.29 is 13.2 Å². The van der Waals surface area contributed by atoms with Crippen molar-refractivity contribution in [3.8, 4) is 0 Å². The number of hydrogen-bond acceptors (Lipinski definition) is 4. The first-order chi connectivity index (χ1) is 10.00. The molecule has 2 heterocycles. The Morgan fingerprint density at radius 2 is 1.76 bits per heavy atom. The van der Waals surface area contributed by atoms with Gasteiger partial charge in [-0.2, -0.15) is 0 Å². The van der Waals surface area contributed by atoms with Crippen LogP contribution in [-0.4, -0.2) is 57.4 Å². The predicted octanol–water partition coefficient (Wildman–Crippen LogP) is 1.45. The molecule has 0 aromatic rings. The molecule has 6 heteroatoms. The first kappa shape index (κ1) is 17.2. The second-order valence-corrected chi connectivity index (χ2v) is 8.96. The normalized spacial score (nSPS) is 23.8. The van der Waals surface area contributed by atoms with Gasteiger partial charge in [0.05, 0.1) is 5.25 Å². The number of rotatable bonds is 6. The zero-order valence-corrected chi connectivity index (χ0v) is 14.2. The van der Waals surface area contributed by atoms with Crippen LogP contribution in [0.1, 0.15) is 39.5 Å². The summed E-state index contributed by atoms with van der Waals surface area (Å²) >= 11 is 0. The van der Waals surface area contributed by atoms with E-state index in [0.717, 1.165) is 25.9 Å². The molecule has 0 bridgehead atoms. The molecule has 0 aromatic heterocycles. The fraction of sp³-hybridized carbons (Fsp3) is 1.00. The van der Waals surface area contributed by atoms with Crippen LogP contribution in [-0.2, 0) is 14.8 Å². The molecule has 0 saturated carbocycles. The van der Waals surface area contributed by atoms with Crippen molar-refractivity contribution in [1.29, 1.82) is 0 Å². The fourth-order valence-corrected chi connectivity index (χ4v) is 5.06. The SMILES string of the molecule is CC(C)CNCC1CCN(S(=O)(=O)C2CCOCC2)CC1. The maximum Gasteiger partial charge on any atom is 0.217 e. The van der Waals surface area contributed by atoms with Gasteiger partial charge in [0.25, 0.3) is 0 Å². The van der Waals surface area contributed by atoms with Gasteiger partial charge < -0.3 is 10.1 Å². The summed E-state index contributed by atoms with van der Waals surface area (Å²) in [6.45, 7) is 9.01. The summed E-state index contributed by atoms with van der Waals surface area (Å²) in [6.07, 6.45) is 3.26. The van der Waals surface area contributed by atoms with Gasteiger partial charge in [0.1, 0.15) is 0 Å². The Hall–Kier alpha value is -0.170. The lowest BCUT2D eigenvalue weighted by Crippen LogP contribution is -2.46. The fourth-order valence-electron chi connectivity index (χ4n) is 3.13. The summed E-state index contributed by atoms with van der Waals surface area (Å²) in [6, 6.07) is 0. The third-order valence-electron chi connectivity index (χ3n) is 4.51. The summed E-state index contributed by atoms with van der Waals surface area (Å²) in [5.74, 6) is 1.28. The van der Waals surface area contributed by atoms with Gasteiger partial charge in [0.15, 0.2) is 0 Å². The molecule has 0 spiro atoms. The van der Waals surface area contributed by atoms with Crippen LogP contribution >= 0.6 is 0 Å². The molecule has 0 unspecified atom stereocenters. The molecule has 0 aromatic carbocycles. The molecule has 5 nitrogen and oxygen atoms in total. The molecule has 2 aliphatic heterocycles. The Labute approximate surface area is 129 Å². The smallest absolute Gasteiger partial charge is 0.217 e. The monoisotopic (exact) mass is 318 g/mol.